The molecule has 6 rings (SSSR count). The van der Waals surface area contributed by atoms with Gasteiger partial charge in [0.1, 0.15) is 0 Å². The first-order valence-electron chi connectivity index (χ1n) is 24.2. The molecule has 0 N–H and O–H groups in total. The second kappa shape index (κ2) is 31.5. The van der Waals surface area contributed by atoms with Gasteiger partial charge in [-0.25, -0.2) is 0 Å². The van der Waals surface area contributed by atoms with Gasteiger partial charge in [-0.05, 0) is 199 Å². The van der Waals surface area contributed by atoms with Crippen LogP contribution in [-0.2, 0) is 0 Å². The minimum atomic E-state index is 0. The average molecular weight is 1010 g/mol. The standard InChI is InChI=1S/3C11H16.C10H13Br.2C10H13Cl.CH4/c3*1-8(2)11-9(3)6-5-7-10(11)4;3*1-7(2)10-8(3)5-4-6-9(10)11;/h3*5-8H,1-4H3;3*4-7H,1-3H3;1H4. The maximum Gasteiger partial charge on any atom is 0.0443 e. The molecule has 0 heterocycles. The minimum Gasteiger partial charge on any atom is -0.0840 e. The molecule has 0 saturated carbocycles. The van der Waals surface area contributed by atoms with Crippen LogP contribution in [-0.4, -0.2) is 0 Å². The van der Waals surface area contributed by atoms with Gasteiger partial charge < -0.3 is 0 Å². The highest BCUT2D eigenvalue weighted by Gasteiger charge is 2.10. The van der Waals surface area contributed by atoms with Crippen molar-refractivity contribution in [2.24, 2.45) is 0 Å². The van der Waals surface area contributed by atoms with E-state index in [2.05, 4.69) is 246 Å². The van der Waals surface area contributed by atoms with Crippen LogP contribution in [0.4, 0.5) is 0 Å². The predicted octanol–water partition coefficient (Wildman–Crippen LogP) is 22.3. The maximum atomic E-state index is 6.02. The second-order valence-corrected chi connectivity index (χ2v) is 21.4. The van der Waals surface area contributed by atoms with Gasteiger partial charge in [0.2, 0.25) is 0 Å². The molecule has 3 heteroatoms. The van der Waals surface area contributed by atoms with E-state index >= 15 is 0 Å². The highest BCUT2D eigenvalue weighted by molar-refractivity contribution is 9.10. The van der Waals surface area contributed by atoms with E-state index in [-0.39, 0.29) is 7.43 Å². The number of rotatable bonds is 6. The zero-order chi connectivity index (χ0) is 50.6. The third-order valence-corrected chi connectivity index (χ3v) is 13.3. The molecule has 0 atom stereocenters. The van der Waals surface area contributed by atoms with Gasteiger partial charge >= 0.3 is 0 Å². The first kappa shape index (κ1) is 63.4. The van der Waals surface area contributed by atoms with Crippen molar-refractivity contribution < 1.29 is 0 Å². The van der Waals surface area contributed by atoms with E-state index in [1.165, 1.54) is 87.9 Å². The molecular formula is C64H91BrCl2. The van der Waals surface area contributed by atoms with Gasteiger partial charge in [-0.15, -0.1) is 0 Å². The molecule has 0 unspecified atom stereocenters. The summed E-state index contributed by atoms with van der Waals surface area (Å²) in [6.07, 6.45) is 0. The van der Waals surface area contributed by atoms with Crippen LogP contribution in [0.2, 0.25) is 10.0 Å². The number of hydrogen-bond donors (Lipinski definition) is 0. The van der Waals surface area contributed by atoms with E-state index in [4.69, 9.17) is 23.2 Å². The van der Waals surface area contributed by atoms with Crippen molar-refractivity contribution in [2.75, 3.05) is 0 Å². The lowest BCUT2D eigenvalue weighted by atomic mass is 9.94. The van der Waals surface area contributed by atoms with Gasteiger partial charge in [-0.3, -0.25) is 0 Å². The normalized spacial score (nSPS) is 10.5. The minimum absolute atomic E-state index is 0. The Balaban J connectivity index is 0.000000778. The Morgan fingerprint density at radius 1 is 0.269 bits per heavy atom. The van der Waals surface area contributed by atoms with Crippen LogP contribution in [0.3, 0.4) is 0 Å². The molecule has 0 fully saturated rings. The van der Waals surface area contributed by atoms with Crippen LogP contribution >= 0.6 is 39.1 Å². The van der Waals surface area contributed by atoms with Crippen molar-refractivity contribution in [1.29, 1.82) is 0 Å². The fraction of sp³-hybridized carbons (Fsp3) is 0.438. The lowest BCUT2D eigenvalue weighted by Gasteiger charge is -2.12. The molecule has 0 aliphatic heterocycles. The van der Waals surface area contributed by atoms with Crippen molar-refractivity contribution in [3.63, 3.8) is 0 Å². The van der Waals surface area contributed by atoms with E-state index in [9.17, 15) is 0 Å². The zero-order valence-corrected chi connectivity index (χ0v) is 48.1. The lowest BCUT2D eigenvalue weighted by molar-refractivity contribution is 0.846. The molecule has 6 aromatic carbocycles. The molecule has 0 spiro atoms. The van der Waals surface area contributed by atoms with Crippen molar-refractivity contribution in [1.82, 2.24) is 0 Å². The van der Waals surface area contributed by atoms with Crippen LogP contribution in [0, 0.1) is 62.3 Å². The summed E-state index contributed by atoms with van der Waals surface area (Å²) < 4.78 is 1.23. The zero-order valence-electron chi connectivity index (χ0n) is 45.0. The molecule has 0 aliphatic rings. The first-order chi connectivity index (χ1) is 30.8. The molecule has 67 heavy (non-hydrogen) atoms. The summed E-state index contributed by atoms with van der Waals surface area (Å²) in [4.78, 5) is 0. The van der Waals surface area contributed by atoms with Crippen LogP contribution < -0.4 is 0 Å². The number of aryl methyl sites for hydroxylation is 9. The topological polar surface area (TPSA) is 0 Å². The van der Waals surface area contributed by atoms with Crippen LogP contribution in [0.15, 0.2) is 114 Å². The Kier molecular flexibility index (Phi) is 29.8. The summed E-state index contributed by atoms with van der Waals surface area (Å²) in [7, 11) is 0. The fourth-order valence-corrected chi connectivity index (χ4v) is 11.1. The molecule has 0 bridgehead atoms. The number of halogens is 3. The molecule has 0 aromatic heterocycles. The smallest absolute Gasteiger partial charge is 0.0443 e. The Labute approximate surface area is 431 Å². The SMILES string of the molecule is C.Cc1cccc(Br)c1C(C)C.Cc1cccc(C)c1C(C)C.Cc1cccc(C)c1C(C)C.Cc1cccc(C)c1C(C)C.Cc1cccc(Cl)c1C(C)C.Cc1cccc(Cl)c1C(C)C. The van der Waals surface area contributed by atoms with Gasteiger partial charge in [-0.2, -0.15) is 0 Å². The van der Waals surface area contributed by atoms with Crippen molar-refractivity contribution >= 4 is 39.1 Å². The Bertz CT molecular complexity index is 1810. The van der Waals surface area contributed by atoms with E-state index in [0.717, 1.165) is 10.0 Å². The number of benzene rings is 6. The predicted molar refractivity (Wildman–Crippen MR) is 310 cm³/mol. The van der Waals surface area contributed by atoms with E-state index in [0.29, 0.717) is 35.5 Å². The van der Waals surface area contributed by atoms with Gasteiger partial charge in [-0.1, -0.05) is 221 Å². The lowest BCUT2D eigenvalue weighted by Crippen LogP contribution is -1.94. The molecular weight excluding hydrogens is 920 g/mol. The van der Waals surface area contributed by atoms with Gasteiger partial charge in [0, 0.05) is 14.5 Å². The van der Waals surface area contributed by atoms with Crippen LogP contribution in [0.25, 0.3) is 0 Å². The Morgan fingerprint density at radius 2 is 0.433 bits per heavy atom. The summed E-state index contributed by atoms with van der Waals surface area (Å²) >= 11 is 15.6. The molecule has 6 aromatic rings. The van der Waals surface area contributed by atoms with Gasteiger partial charge in [0.15, 0.2) is 0 Å². The second-order valence-electron chi connectivity index (χ2n) is 19.8. The molecule has 0 amide bonds. The monoisotopic (exact) mass is 1010 g/mol. The van der Waals surface area contributed by atoms with E-state index < -0.39 is 0 Å². The third-order valence-electron chi connectivity index (χ3n) is 11.9. The Hall–Kier alpha value is -3.62. The quantitative estimate of drug-likeness (QED) is 0.156. The molecule has 0 aliphatic carbocycles. The highest BCUT2D eigenvalue weighted by Crippen LogP contribution is 2.30. The van der Waals surface area contributed by atoms with Crippen LogP contribution in [0.5, 0.6) is 0 Å². The summed E-state index contributed by atoms with van der Waals surface area (Å²) in [5.74, 6) is 3.58. The first-order valence-corrected chi connectivity index (χ1v) is 25.7. The number of hydrogen-bond acceptors (Lipinski definition) is 0. The van der Waals surface area contributed by atoms with Crippen molar-refractivity contribution in [2.45, 2.75) is 188 Å². The molecule has 0 saturated heterocycles. The maximum absolute atomic E-state index is 6.02. The molecule has 0 nitrogen and oxygen atoms in total. The fourth-order valence-electron chi connectivity index (χ4n) is 9.34. The van der Waals surface area contributed by atoms with Crippen molar-refractivity contribution in [3.8, 4) is 0 Å². The molecule has 368 valence electrons. The highest BCUT2D eigenvalue weighted by atomic mass is 79.9. The van der Waals surface area contributed by atoms with E-state index in [1.807, 2.05) is 24.3 Å². The summed E-state index contributed by atoms with van der Waals surface area (Å²) in [6.45, 7) is 46.0. The largest absolute Gasteiger partial charge is 0.0840 e. The van der Waals surface area contributed by atoms with Gasteiger partial charge in [0.05, 0.1) is 0 Å². The molecule has 0 radical (unpaired) electrons. The average Bonchev–Trinajstić information content (AvgIpc) is 3.18. The van der Waals surface area contributed by atoms with Gasteiger partial charge in [0.25, 0.3) is 0 Å². The summed E-state index contributed by atoms with van der Waals surface area (Å²) in [5.41, 5.74) is 20.9. The summed E-state index contributed by atoms with van der Waals surface area (Å²) in [5, 5.41) is 1.78. The Morgan fingerprint density at radius 3 is 0.567 bits per heavy atom. The van der Waals surface area contributed by atoms with E-state index in [1.54, 1.807) is 0 Å². The third kappa shape index (κ3) is 20.9. The van der Waals surface area contributed by atoms with Crippen molar-refractivity contribution in [3.05, 3.63) is 207 Å². The summed E-state index contributed by atoms with van der Waals surface area (Å²) in [6, 6.07) is 37.9. The van der Waals surface area contributed by atoms with Crippen LogP contribution in [0.1, 0.15) is 209 Å².